The number of halogens is 4. The molecule has 1 aromatic carbocycles. The number of benzene rings is 1. The number of para-hydroxylation sites is 1. The number of aryl methyl sites for hydroxylation is 1. The molecule has 1 aliphatic carbocycles. The molecule has 7 nitrogen and oxygen atoms in total. The average Bonchev–Trinajstić information content (AvgIpc) is 3.47. The molecule has 0 bridgehead atoms. The van der Waals surface area contributed by atoms with Crippen LogP contribution in [0, 0.1) is 5.82 Å². The van der Waals surface area contributed by atoms with Gasteiger partial charge in [-0.05, 0) is 43.5 Å². The highest BCUT2D eigenvalue weighted by Gasteiger charge is 2.35. The Kier molecular flexibility index (Phi) is 5.42. The van der Waals surface area contributed by atoms with Crippen molar-refractivity contribution in [2.45, 2.75) is 51.2 Å². The van der Waals surface area contributed by atoms with Gasteiger partial charge < -0.3 is 19.2 Å². The number of nitrogens with zero attached hydrogens (tertiary/aromatic N) is 5. The Labute approximate surface area is 203 Å². The highest BCUT2D eigenvalue weighted by molar-refractivity contribution is 5.74. The molecule has 0 atom stereocenters. The first-order valence-corrected chi connectivity index (χ1v) is 11.7. The molecule has 1 N–H and O–H groups in total. The molecule has 4 aromatic rings. The van der Waals surface area contributed by atoms with E-state index in [1.807, 2.05) is 9.13 Å². The lowest BCUT2D eigenvalue weighted by atomic mass is 10.0. The lowest BCUT2D eigenvalue weighted by Gasteiger charge is -2.14. The van der Waals surface area contributed by atoms with Crippen LogP contribution < -0.4 is 10.1 Å². The molecule has 11 heteroatoms. The lowest BCUT2D eigenvalue weighted by molar-refractivity contribution is -0.137. The molecule has 2 aliphatic rings. The topological polar surface area (TPSA) is 69.8 Å². The quantitative estimate of drug-likeness (QED) is 0.355. The number of alkyl halides is 3. The fourth-order valence-corrected chi connectivity index (χ4v) is 4.44. The fourth-order valence-electron chi connectivity index (χ4n) is 4.44. The zero-order valence-electron chi connectivity index (χ0n) is 19.1. The standard InChI is InChI=1S/C25H22F4N6O/c26-19-4-1-2-5-21(19)36-14-23-32-33-24-20-10-15(13-34(20)8-3-9-35(23)24)17-11-22(31-16-6-7-16)30-12-18(17)25(27,28)29/h1-2,4-5,10-13,16H,3,6-9,14H2,(H,30,31). The van der Waals surface area contributed by atoms with Crippen LogP contribution in [-0.2, 0) is 25.9 Å². The van der Waals surface area contributed by atoms with Gasteiger partial charge in [0.15, 0.2) is 23.2 Å². The van der Waals surface area contributed by atoms with Gasteiger partial charge in [0.05, 0.1) is 11.3 Å². The van der Waals surface area contributed by atoms with Crippen molar-refractivity contribution in [1.29, 1.82) is 0 Å². The van der Waals surface area contributed by atoms with Crippen molar-refractivity contribution in [3.63, 3.8) is 0 Å². The maximum atomic E-state index is 13.9. The maximum Gasteiger partial charge on any atom is 0.418 e. The number of fused-ring (bicyclic) bond motifs is 3. The summed E-state index contributed by atoms with van der Waals surface area (Å²) < 4.78 is 64.9. The molecular formula is C25H22F4N6O. The van der Waals surface area contributed by atoms with Gasteiger partial charge in [0.1, 0.15) is 12.4 Å². The van der Waals surface area contributed by atoms with E-state index in [1.165, 1.54) is 18.2 Å². The minimum Gasteiger partial charge on any atom is -0.483 e. The van der Waals surface area contributed by atoms with Gasteiger partial charge >= 0.3 is 6.18 Å². The van der Waals surface area contributed by atoms with Crippen LogP contribution in [0.4, 0.5) is 23.4 Å². The first-order valence-electron chi connectivity index (χ1n) is 11.7. The Morgan fingerprint density at radius 2 is 1.92 bits per heavy atom. The molecule has 1 fully saturated rings. The van der Waals surface area contributed by atoms with Crippen LogP contribution >= 0.6 is 0 Å². The Morgan fingerprint density at radius 1 is 1.08 bits per heavy atom. The number of rotatable bonds is 6. The van der Waals surface area contributed by atoms with Gasteiger partial charge in [-0.25, -0.2) is 9.37 Å². The molecule has 0 amide bonds. The normalized spacial score (nSPS) is 15.2. The Morgan fingerprint density at radius 3 is 2.69 bits per heavy atom. The summed E-state index contributed by atoms with van der Waals surface area (Å²) in [5, 5.41) is 11.7. The fraction of sp³-hybridized carbons (Fsp3) is 0.320. The Balaban J connectivity index is 1.35. The van der Waals surface area contributed by atoms with Gasteiger partial charge in [0.25, 0.3) is 0 Å². The molecule has 186 valence electrons. The first kappa shape index (κ1) is 22.6. The zero-order valence-corrected chi connectivity index (χ0v) is 19.1. The van der Waals surface area contributed by atoms with Gasteiger partial charge in [-0.3, -0.25) is 0 Å². The predicted octanol–water partition coefficient (Wildman–Crippen LogP) is 5.52. The maximum absolute atomic E-state index is 13.9. The molecule has 6 rings (SSSR count). The van der Waals surface area contributed by atoms with Crippen LogP contribution in [-0.4, -0.2) is 30.4 Å². The summed E-state index contributed by atoms with van der Waals surface area (Å²) in [6, 6.07) is 9.54. The first-order chi connectivity index (χ1) is 17.4. The Hall–Kier alpha value is -3.89. The molecule has 0 radical (unpaired) electrons. The minimum atomic E-state index is -4.54. The van der Waals surface area contributed by atoms with Gasteiger partial charge in [0, 0.05) is 42.7 Å². The van der Waals surface area contributed by atoms with Gasteiger partial charge in [-0.15, -0.1) is 10.2 Å². The van der Waals surface area contributed by atoms with Crippen LogP contribution in [0.25, 0.3) is 22.6 Å². The van der Waals surface area contributed by atoms with E-state index >= 15 is 0 Å². The van der Waals surface area contributed by atoms with Crippen LogP contribution in [0.15, 0.2) is 48.8 Å². The summed E-state index contributed by atoms with van der Waals surface area (Å²) in [7, 11) is 0. The average molecular weight is 498 g/mol. The Bertz CT molecular complexity index is 1420. The van der Waals surface area contributed by atoms with Gasteiger partial charge in [-0.2, -0.15) is 13.2 Å². The summed E-state index contributed by atoms with van der Waals surface area (Å²) in [6.45, 7) is 1.22. The SMILES string of the molecule is Fc1ccccc1OCc1nnc2n1CCCn1cc(-c3cc(NC4CC4)ncc3C(F)(F)F)cc1-2. The van der Waals surface area contributed by atoms with E-state index in [0.29, 0.717) is 41.8 Å². The summed E-state index contributed by atoms with van der Waals surface area (Å²) in [4.78, 5) is 3.99. The largest absolute Gasteiger partial charge is 0.483 e. The second kappa shape index (κ2) is 8.65. The van der Waals surface area contributed by atoms with Gasteiger partial charge in [-0.1, -0.05) is 12.1 Å². The highest BCUT2D eigenvalue weighted by atomic mass is 19.4. The summed E-state index contributed by atoms with van der Waals surface area (Å²) in [5.41, 5.74) is 0.369. The molecule has 4 heterocycles. The van der Waals surface area contributed by atoms with Gasteiger partial charge in [0.2, 0.25) is 0 Å². The second-order valence-electron chi connectivity index (χ2n) is 9.00. The number of aromatic nitrogens is 5. The third-order valence-corrected chi connectivity index (χ3v) is 6.38. The van der Waals surface area contributed by atoms with Crippen molar-refractivity contribution < 1.29 is 22.3 Å². The summed E-state index contributed by atoms with van der Waals surface area (Å²) >= 11 is 0. The summed E-state index contributed by atoms with van der Waals surface area (Å²) in [5.74, 6) is 1.12. The molecular weight excluding hydrogens is 476 g/mol. The van der Waals surface area contributed by atoms with Crippen molar-refractivity contribution in [3.8, 4) is 28.4 Å². The smallest absolute Gasteiger partial charge is 0.418 e. The molecule has 36 heavy (non-hydrogen) atoms. The van der Waals surface area contributed by atoms with Crippen LogP contribution in [0.2, 0.25) is 0 Å². The summed E-state index contributed by atoms with van der Waals surface area (Å²) in [6.07, 6.45) is 0.755. The van der Waals surface area contributed by atoms with Crippen molar-refractivity contribution >= 4 is 5.82 Å². The predicted molar refractivity (Wildman–Crippen MR) is 124 cm³/mol. The second-order valence-corrected chi connectivity index (χ2v) is 9.00. The van der Waals surface area contributed by atoms with Crippen LogP contribution in [0.1, 0.15) is 30.7 Å². The van der Waals surface area contributed by atoms with Crippen molar-refractivity contribution in [2.24, 2.45) is 0 Å². The molecule has 1 aliphatic heterocycles. The van der Waals surface area contributed by atoms with E-state index in [0.717, 1.165) is 25.5 Å². The third kappa shape index (κ3) is 4.29. The molecule has 1 saturated carbocycles. The van der Waals surface area contributed by atoms with Crippen molar-refractivity contribution in [3.05, 3.63) is 66.0 Å². The van der Waals surface area contributed by atoms with E-state index < -0.39 is 17.6 Å². The van der Waals surface area contributed by atoms with Crippen molar-refractivity contribution in [2.75, 3.05) is 5.32 Å². The van der Waals surface area contributed by atoms with Crippen LogP contribution in [0.3, 0.4) is 0 Å². The number of anilines is 1. The van der Waals surface area contributed by atoms with E-state index in [4.69, 9.17) is 4.74 Å². The number of ether oxygens (including phenoxy) is 1. The highest BCUT2D eigenvalue weighted by Crippen LogP contribution is 2.40. The number of hydrogen-bond acceptors (Lipinski definition) is 5. The molecule has 3 aromatic heterocycles. The number of pyridine rings is 1. The number of hydrogen-bond donors (Lipinski definition) is 1. The molecule has 0 saturated heterocycles. The van der Waals surface area contributed by atoms with E-state index in [2.05, 4.69) is 20.5 Å². The number of nitrogens with one attached hydrogen (secondary N) is 1. The van der Waals surface area contributed by atoms with Crippen molar-refractivity contribution in [1.82, 2.24) is 24.3 Å². The van der Waals surface area contributed by atoms with Crippen LogP contribution in [0.5, 0.6) is 5.75 Å². The van der Waals surface area contributed by atoms with E-state index in [1.54, 1.807) is 24.4 Å². The van der Waals surface area contributed by atoms with E-state index in [-0.39, 0.29) is 24.0 Å². The molecule has 0 spiro atoms. The monoisotopic (exact) mass is 498 g/mol. The zero-order chi connectivity index (χ0) is 24.9. The minimum absolute atomic E-state index is 0.0142. The molecule has 0 unspecified atom stereocenters. The van der Waals surface area contributed by atoms with E-state index in [9.17, 15) is 17.6 Å². The lowest BCUT2D eigenvalue weighted by Crippen LogP contribution is -2.10. The third-order valence-electron chi connectivity index (χ3n) is 6.38.